The molecule has 1 aromatic carbocycles. The molecular weight excluding hydrogens is 347 g/mol. The second-order valence-corrected chi connectivity index (χ2v) is 6.43. The van der Waals surface area contributed by atoms with E-state index in [9.17, 15) is 13.2 Å². The molecule has 1 N–H and O–H groups in total. The summed E-state index contributed by atoms with van der Waals surface area (Å²) in [4.78, 5) is 9.30. The summed E-state index contributed by atoms with van der Waals surface area (Å²) in [6.07, 6.45) is -0.304. The van der Waals surface area contributed by atoms with Crippen LogP contribution in [-0.4, -0.2) is 16.5 Å². The maximum Gasteiger partial charge on any atom is 0.417 e. The predicted octanol–water partition coefficient (Wildman–Crippen LogP) is 5.71. The average Bonchev–Trinajstić information content (AvgIpc) is 3.08. The van der Waals surface area contributed by atoms with Crippen LogP contribution in [0.3, 0.4) is 0 Å². The Morgan fingerprint density at radius 3 is 2.56 bits per heavy atom. The van der Waals surface area contributed by atoms with E-state index in [1.807, 2.05) is 0 Å². The van der Waals surface area contributed by atoms with E-state index in [-0.39, 0.29) is 5.56 Å². The van der Waals surface area contributed by atoms with Gasteiger partial charge in [0.1, 0.15) is 0 Å². The molecule has 0 aliphatic heterocycles. The predicted molar refractivity (Wildman–Crippen MR) is 94.6 cm³/mol. The summed E-state index contributed by atoms with van der Waals surface area (Å²) in [5.41, 5.74) is 0.327. The van der Waals surface area contributed by atoms with Crippen LogP contribution >= 0.6 is 11.3 Å². The molecule has 3 nitrogen and oxygen atoms in total. The summed E-state index contributed by atoms with van der Waals surface area (Å²) in [5.74, 6) is 0. The minimum Gasteiger partial charge on any atom is -0.362 e. The second-order valence-electron chi connectivity index (χ2n) is 5.40. The minimum absolute atomic E-state index is 0.0714. The Balaban J connectivity index is 2.08. The van der Waals surface area contributed by atoms with E-state index in [0.717, 1.165) is 29.0 Å². The molecule has 2 heterocycles. The fourth-order valence-electron chi connectivity index (χ4n) is 2.47. The number of hydrogen-bond donors (Lipinski definition) is 1. The van der Waals surface area contributed by atoms with Gasteiger partial charge in [-0.05, 0) is 24.6 Å². The van der Waals surface area contributed by atoms with Crippen LogP contribution in [0, 0.1) is 0 Å². The quantitative estimate of drug-likeness (QED) is 0.631. The molecule has 0 aliphatic rings. The van der Waals surface area contributed by atoms with Gasteiger partial charge >= 0.3 is 6.18 Å². The molecule has 0 bridgehead atoms. The van der Waals surface area contributed by atoms with Crippen molar-refractivity contribution >= 4 is 16.5 Å². The van der Waals surface area contributed by atoms with Crippen molar-refractivity contribution in [1.29, 1.82) is 0 Å². The lowest BCUT2D eigenvalue weighted by atomic mass is 9.99. The van der Waals surface area contributed by atoms with Gasteiger partial charge in [-0.15, -0.1) is 0 Å². The zero-order chi connectivity index (χ0) is 17.9. The van der Waals surface area contributed by atoms with E-state index < -0.39 is 11.7 Å². The highest BCUT2D eigenvalue weighted by Gasteiger charge is 2.34. The van der Waals surface area contributed by atoms with Crippen LogP contribution in [0.1, 0.15) is 18.9 Å². The van der Waals surface area contributed by atoms with Crippen LogP contribution in [0.4, 0.5) is 18.3 Å². The number of nitrogens with one attached hydrogen (secondary N) is 1. The highest BCUT2D eigenvalue weighted by molar-refractivity contribution is 7.18. The van der Waals surface area contributed by atoms with Crippen LogP contribution in [0.5, 0.6) is 0 Å². The highest BCUT2D eigenvalue weighted by Crippen LogP contribution is 2.41. The number of pyridine rings is 1. The molecule has 25 heavy (non-hydrogen) atoms. The van der Waals surface area contributed by atoms with Gasteiger partial charge in [0.15, 0.2) is 5.13 Å². The zero-order valence-electron chi connectivity index (χ0n) is 13.5. The van der Waals surface area contributed by atoms with Crippen LogP contribution in [0.2, 0.25) is 0 Å². The van der Waals surface area contributed by atoms with Crippen molar-refractivity contribution in [2.45, 2.75) is 19.5 Å². The standard InChI is InChI=1S/C18H16F3N3S/c1-2-9-23-17-24-11-15(25-17)13-7-5-10-22-16(13)12-6-3-4-8-14(12)18(19,20)21/h3-8,10-11H,2,9H2,1H3,(H,23,24). The van der Waals surface area contributed by atoms with Crippen LogP contribution in [0.15, 0.2) is 48.8 Å². The molecule has 0 atom stereocenters. The summed E-state index contributed by atoms with van der Waals surface area (Å²) in [6, 6.07) is 8.99. The van der Waals surface area contributed by atoms with Crippen LogP contribution < -0.4 is 5.32 Å². The van der Waals surface area contributed by atoms with Gasteiger partial charge in [-0.3, -0.25) is 4.98 Å². The third-order valence-electron chi connectivity index (χ3n) is 3.59. The van der Waals surface area contributed by atoms with E-state index in [1.165, 1.54) is 29.7 Å². The molecule has 3 rings (SSSR count). The SMILES string of the molecule is CCCNc1ncc(-c2cccnc2-c2ccccc2C(F)(F)F)s1. The molecule has 0 spiro atoms. The second kappa shape index (κ2) is 7.23. The molecule has 3 aromatic rings. The van der Waals surface area contributed by atoms with E-state index >= 15 is 0 Å². The lowest BCUT2D eigenvalue weighted by Crippen LogP contribution is -2.07. The monoisotopic (exact) mass is 363 g/mol. The Labute approximate surface area is 147 Å². The molecule has 0 fully saturated rings. The van der Waals surface area contributed by atoms with Gasteiger partial charge in [0.25, 0.3) is 0 Å². The van der Waals surface area contributed by atoms with Gasteiger partial charge in [0.2, 0.25) is 0 Å². The van der Waals surface area contributed by atoms with Crippen molar-refractivity contribution in [3.05, 3.63) is 54.4 Å². The minimum atomic E-state index is -4.44. The van der Waals surface area contributed by atoms with Gasteiger partial charge in [0, 0.05) is 30.1 Å². The van der Waals surface area contributed by atoms with E-state index in [1.54, 1.807) is 24.4 Å². The lowest BCUT2D eigenvalue weighted by Gasteiger charge is -2.14. The molecule has 0 radical (unpaired) electrons. The third kappa shape index (κ3) is 3.82. The average molecular weight is 363 g/mol. The molecular formula is C18H16F3N3S. The fourth-order valence-corrected chi connectivity index (χ4v) is 3.34. The fraction of sp³-hybridized carbons (Fsp3) is 0.222. The molecule has 7 heteroatoms. The Bertz CT molecular complexity index is 859. The highest BCUT2D eigenvalue weighted by atomic mass is 32.1. The normalized spacial score (nSPS) is 11.5. The number of aromatic nitrogens is 2. The Kier molecular flexibility index (Phi) is 5.03. The summed E-state index contributed by atoms with van der Waals surface area (Å²) < 4.78 is 40.1. The van der Waals surface area contributed by atoms with E-state index in [2.05, 4.69) is 22.2 Å². The number of anilines is 1. The molecule has 0 aliphatic carbocycles. The lowest BCUT2D eigenvalue weighted by molar-refractivity contribution is -0.137. The van der Waals surface area contributed by atoms with Crippen molar-refractivity contribution < 1.29 is 13.2 Å². The van der Waals surface area contributed by atoms with Crippen molar-refractivity contribution in [1.82, 2.24) is 9.97 Å². The van der Waals surface area contributed by atoms with Crippen molar-refractivity contribution in [3.8, 4) is 21.7 Å². The molecule has 2 aromatic heterocycles. The first kappa shape index (κ1) is 17.4. The van der Waals surface area contributed by atoms with E-state index in [0.29, 0.717) is 11.3 Å². The summed E-state index contributed by atoms with van der Waals surface area (Å²) in [6.45, 7) is 2.85. The summed E-state index contributed by atoms with van der Waals surface area (Å²) in [5, 5.41) is 3.93. The third-order valence-corrected chi connectivity index (χ3v) is 4.58. The number of halogens is 3. The summed E-state index contributed by atoms with van der Waals surface area (Å²) in [7, 11) is 0. The molecule has 0 saturated heterocycles. The van der Waals surface area contributed by atoms with Gasteiger partial charge in [-0.2, -0.15) is 13.2 Å². The molecule has 0 unspecified atom stereocenters. The van der Waals surface area contributed by atoms with Gasteiger partial charge < -0.3 is 5.32 Å². The van der Waals surface area contributed by atoms with Crippen LogP contribution in [0.25, 0.3) is 21.7 Å². The smallest absolute Gasteiger partial charge is 0.362 e. The number of rotatable bonds is 5. The maximum atomic E-state index is 13.4. The number of nitrogens with zero attached hydrogens (tertiary/aromatic N) is 2. The first-order valence-electron chi connectivity index (χ1n) is 7.82. The number of hydrogen-bond acceptors (Lipinski definition) is 4. The van der Waals surface area contributed by atoms with Gasteiger partial charge in [-0.1, -0.05) is 36.5 Å². The Hall–Kier alpha value is -2.41. The number of alkyl halides is 3. The number of thiazole rings is 1. The van der Waals surface area contributed by atoms with Crippen molar-refractivity contribution in [3.63, 3.8) is 0 Å². The van der Waals surface area contributed by atoms with Crippen LogP contribution in [-0.2, 0) is 6.18 Å². The summed E-state index contributed by atoms with van der Waals surface area (Å²) >= 11 is 1.40. The maximum absolute atomic E-state index is 13.4. The molecule has 0 amide bonds. The van der Waals surface area contributed by atoms with Crippen molar-refractivity contribution in [2.75, 3.05) is 11.9 Å². The van der Waals surface area contributed by atoms with Gasteiger partial charge in [0.05, 0.1) is 16.1 Å². The van der Waals surface area contributed by atoms with Crippen molar-refractivity contribution in [2.24, 2.45) is 0 Å². The zero-order valence-corrected chi connectivity index (χ0v) is 14.3. The topological polar surface area (TPSA) is 37.8 Å². The largest absolute Gasteiger partial charge is 0.417 e. The number of benzene rings is 1. The first-order valence-corrected chi connectivity index (χ1v) is 8.64. The Morgan fingerprint density at radius 2 is 1.80 bits per heavy atom. The van der Waals surface area contributed by atoms with E-state index in [4.69, 9.17) is 0 Å². The Morgan fingerprint density at radius 1 is 1.04 bits per heavy atom. The molecule has 130 valence electrons. The molecule has 0 saturated carbocycles. The van der Waals surface area contributed by atoms with Gasteiger partial charge in [-0.25, -0.2) is 4.98 Å². The first-order chi connectivity index (χ1) is 12.0.